The van der Waals surface area contributed by atoms with Crippen LogP contribution in [0.1, 0.15) is 34.1 Å². The van der Waals surface area contributed by atoms with Crippen molar-refractivity contribution < 1.29 is 9.84 Å². The fraction of sp³-hybridized carbons (Fsp3) is 0.615. The zero-order valence-corrected chi connectivity index (χ0v) is 11.2. The monoisotopic (exact) mass is 240 g/mol. The third kappa shape index (κ3) is 7.58. The number of nitrogens with one attached hydrogen (secondary N) is 1. The lowest BCUT2D eigenvalue weighted by molar-refractivity contribution is 0.233. The van der Waals surface area contributed by atoms with Crippen LogP contribution in [0.3, 0.4) is 0 Å². The van der Waals surface area contributed by atoms with Gasteiger partial charge in [-0.2, -0.15) is 0 Å². The molecule has 0 saturated carbocycles. The molecule has 4 nitrogen and oxygen atoms in total. The van der Waals surface area contributed by atoms with Crippen molar-refractivity contribution >= 4 is 5.82 Å². The van der Waals surface area contributed by atoms with Crippen molar-refractivity contribution in [1.29, 1.82) is 0 Å². The highest BCUT2D eigenvalue weighted by molar-refractivity contribution is 5.41. The van der Waals surface area contributed by atoms with Gasteiger partial charge in [-0.15, -0.1) is 0 Å². The van der Waals surface area contributed by atoms with Crippen LogP contribution < -0.4 is 10.1 Å². The van der Waals surface area contributed by atoms with Gasteiger partial charge in [0.1, 0.15) is 11.6 Å². The fourth-order valence-corrected chi connectivity index (χ4v) is 1.13. The maximum Gasteiger partial charge on any atom is 0.129 e. The molecule has 0 radical (unpaired) electrons. The van der Waals surface area contributed by atoms with E-state index in [1.165, 1.54) is 0 Å². The molecule has 1 heterocycles. The molecule has 4 heteroatoms. The molecule has 98 valence electrons. The highest BCUT2D eigenvalue weighted by Gasteiger charge is 1.99. The summed E-state index contributed by atoms with van der Waals surface area (Å²) in [6.45, 7) is 8.80. The van der Waals surface area contributed by atoms with Gasteiger partial charge in [-0.1, -0.05) is 13.8 Å². The lowest BCUT2D eigenvalue weighted by atomic mass is 10.3. The zero-order chi connectivity index (χ0) is 13.1. The molecule has 0 unspecified atom stereocenters. The summed E-state index contributed by atoms with van der Waals surface area (Å²) in [6, 6.07) is 4.02. The van der Waals surface area contributed by atoms with E-state index in [1.54, 1.807) is 6.20 Å². The second-order valence-corrected chi connectivity index (χ2v) is 3.60. The van der Waals surface area contributed by atoms with Crippen LogP contribution >= 0.6 is 0 Å². The Hall–Kier alpha value is -1.29. The van der Waals surface area contributed by atoms with E-state index < -0.39 is 0 Å². The van der Waals surface area contributed by atoms with Crippen molar-refractivity contribution in [3.05, 3.63) is 18.3 Å². The van der Waals surface area contributed by atoms with Gasteiger partial charge < -0.3 is 15.2 Å². The first-order chi connectivity index (χ1) is 8.22. The minimum absolute atomic E-state index is 0.155. The van der Waals surface area contributed by atoms with Gasteiger partial charge in [-0.05, 0) is 19.9 Å². The van der Waals surface area contributed by atoms with Gasteiger partial charge in [0.15, 0.2) is 0 Å². The molecule has 0 saturated heterocycles. The van der Waals surface area contributed by atoms with E-state index in [9.17, 15) is 0 Å². The first-order valence-corrected chi connectivity index (χ1v) is 6.18. The first kappa shape index (κ1) is 15.7. The van der Waals surface area contributed by atoms with Crippen LogP contribution in [0, 0.1) is 0 Å². The quantitative estimate of drug-likeness (QED) is 0.751. The van der Waals surface area contributed by atoms with Crippen molar-refractivity contribution in [3.8, 4) is 5.75 Å². The number of ether oxygens (including phenoxy) is 1. The van der Waals surface area contributed by atoms with E-state index in [2.05, 4.69) is 24.1 Å². The summed E-state index contributed by atoms with van der Waals surface area (Å²) in [5.74, 6) is 1.59. The molecule has 0 aromatic carbocycles. The number of hydrogen-bond donors (Lipinski definition) is 2. The van der Waals surface area contributed by atoms with Crippen molar-refractivity contribution in [2.75, 3.05) is 18.5 Å². The lowest BCUT2D eigenvalue weighted by Gasteiger charge is -2.10. The number of rotatable bonds is 6. The average molecular weight is 240 g/mol. The van der Waals surface area contributed by atoms with Gasteiger partial charge >= 0.3 is 0 Å². The standard InChI is InChI=1S/C11H18N2O2.C2H6/c1-9(2)13-11-8-10(4-5-12-11)15-7-3-6-14;1-2/h4-5,8-9,14H,3,6-7H2,1-2H3,(H,12,13);1-2H3. The minimum Gasteiger partial charge on any atom is -0.493 e. The largest absolute Gasteiger partial charge is 0.493 e. The Kier molecular flexibility index (Phi) is 9.15. The molecule has 0 aliphatic heterocycles. The van der Waals surface area contributed by atoms with Crippen molar-refractivity contribution in [3.63, 3.8) is 0 Å². The molecule has 2 N–H and O–H groups in total. The molecule has 0 amide bonds. The second-order valence-electron chi connectivity index (χ2n) is 3.60. The van der Waals surface area contributed by atoms with Gasteiger partial charge in [0.05, 0.1) is 6.61 Å². The van der Waals surface area contributed by atoms with Crippen LogP contribution in [0.5, 0.6) is 5.75 Å². The van der Waals surface area contributed by atoms with E-state index in [4.69, 9.17) is 9.84 Å². The van der Waals surface area contributed by atoms with Gasteiger partial charge in [0.2, 0.25) is 0 Å². The molecule has 0 aliphatic carbocycles. The summed E-state index contributed by atoms with van der Waals surface area (Å²) in [6.07, 6.45) is 2.36. The van der Waals surface area contributed by atoms with Crippen LogP contribution in [0.25, 0.3) is 0 Å². The van der Waals surface area contributed by atoms with E-state index in [0.717, 1.165) is 11.6 Å². The maximum absolute atomic E-state index is 8.61. The Bertz CT molecular complexity index is 291. The number of pyridine rings is 1. The molecule has 0 fully saturated rings. The summed E-state index contributed by atoms with van der Waals surface area (Å²) < 4.78 is 5.43. The number of nitrogens with zero attached hydrogens (tertiary/aromatic N) is 1. The molecule has 1 aromatic rings. The lowest BCUT2D eigenvalue weighted by Crippen LogP contribution is -2.11. The van der Waals surface area contributed by atoms with Crippen LogP contribution in [0.4, 0.5) is 5.82 Å². The molecule has 0 aliphatic rings. The smallest absolute Gasteiger partial charge is 0.129 e. The van der Waals surface area contributed by atoms with Crippen molar-refractivity contribution in [2.45, 2.75) is 40.2 Å². The van der Waals surface area contributed by atoms with E-state index >= 15 is 0 Å². The van der Waals surface area contributed by atoms with Crippen LogP contribution in [0.15, 0.2) is 18.3 Å². The van der Waals surface area contributed by atoms with E-state index in [0.29, 0.717) is 19.1 Å². The Morgan fingerprint density at radius 1 is 1.41 bits per heavy atom. The van der Waals surface area contributed by atoms with Gasteiger partial charge in [-0.25, -0.2) is 4.98 Å². The Balaban J connectivity index is 0.00000121. The SMILES string of the molecule is CC.CC(C)Nc1cc(OCCCO)ccn1. The maximum atomic E-state index is 8.61. The molecule has 17 heavy (non-hydrogen) atoms. The number of aliphatic hydroxyl groups excluding tert-OH is 1. The highest BCUT2D eigenvalue weighted by Crippen LogP contribution is 2.15. The zero-order valence-electron chi connectivity index (χ0n) is 11.2. The van der Waals surface area contributed by atoms with Gasteiger partial charge in [0.25, 0.3) is 0 Å². The summed E-state index contributed by atoms with van der Waals surface area (Å²) in [7, 11) is 0. The summed E-state index contributed by atoms with van der Waals surface area (Å²) in [4.78, 5) is 4.17. The van der Waals surface area contributed by atoms with Crippen LogP contribution in [-0.4, -0.2) is 29.3 Å². The number of aromatic nitrogens is 1. The molecule has 0 spiro atoms. The highest BCUT2D eigenvalue weighted by atomic mass is 16.5. The Morgan fingerprint density at radius 2 is 2.12 bits per heavy atom. The van der Waals surface area contributed by atoms with Crippen LogP contribution in [-0.2, 0) is 0 Å². The third-order valence-electron chi connectivity index (χ3n) is 1.74. The first-order valence-electron chi connectivity index (χ1n) is 6.18. The number of anilines is 1. The summed E-state index contributed by atoms with van der Waals surface area (Å²) in [5, 5.41) is 11.8. The van der Waals surface area contributed by atoms with E-state index in [1.807, 2.05) is 26.0 Å². The van der Waals surface area contributed by atoms with Crippen molar-refractivity contribution in [1.82, 2.24) is 4.98 Å². The Labute approximate surface area is 104 Å². The van der Waals surface area contributed by atoms with Crippen molar-refractivity contribution in [2.24, 2.45) is 0 Å². The van der Waals surface area contributed by atoms with Crippen LogP contribution in [0.2, 0.25) is 0 Å². The topological polar surface area (TPSA) is 54.4 Å². The number of hydrogen-bond acceptors (Lipinski definition) is 4. The number of aliphatic hydroxyl groups is 1. The predicted octanol–water partition coefficient (Wildman–Crippen LogP) is 2.69. The van der Waals surface area contributed by atoms with Gasteiger partial charge in [0, 0.05) is 31.3 Å². The normalized spacial score (nSPS) is 9.53. The summed E-state index contributed by atoms with van der Waals surface area (Å²) >= 11 is 0. The fourth-order valence-electron chi connectivity index (χ4n) is 1.13. The second kappa shape index (κ2) is 9.90. The molecule has 1 aromatic heterocycles. The molecular weight excluding hydrogens is 216 g/mol. The molecule has 1 rings (SSSR count). The minimum atomic E-state index is 0.155. The third-order valence-corrected chi connectivity index (χ3v) is 1.74. The molecular formula is C13H24N2O2. The molecule has 0 atom stereocenters. The molecule has 0 bridgehead atoms. The average Bonchev–Trinajstić information content (AvgIpc) is 2.32. The summed E-state index contributed by atoms with van der Waals surface area (Å²) in [5.41, 5.74) is 0. The predicted molar refractivity (Wildman–Crippen MR) is 71.5 cm³/mol. The van der Waals surface area contributed by atoms with Gasteiger partial charge in [-0.3, -0.25) is 0 Å². The van der Waals surface area contributed by atoms with E-state index in [-0.39, 0.29) is 6.61 Å². The Morgan fingerprint density at radius 3 is 2.71 bits per heavy atom.